The van der Waals surface area contributed by atoms with Crippen molar-refractivity contribution in [1.29, 1.82) is 0 Å². The molecule has 0 spiro atoms. The highest BCUT2D eigenvalue weighted by Crippen LogP contribution is 2.28. The highest BCUT2D eigenvalue weighted by Gasteiger charge is 2.09. The maximum absolute atomic E-state index is 5.92. The van der Waals surface area contributed by atoms with Crippen LogP contribution in [0.3, 0.4) is 0 Å². The Bertz CT molecular complexity index is 1090. The number of anilines is 2. The van der Waals surface area contributed by atoms with Gasteiger partial charge in [-0.2, -0.15) is 5.10 Å². The van der Waals surface area contributed by atoms with E-state index in [1.54, 1.807) is 12.4 Å². The minimum atomic E-state index is 0.440. The molecule has 0 unspecified atom stereocenters. The van der Waals surface area contributed by atoms with Gasteiger partial charge in [-0.05, 0) is 63.0 Å². The van der Waals surface area contributed by atoms with E-state index in [1.807, 2.05) is 80.4 Å². The van der Waals surface area contributed by atoms with Crippen LogP contribution in [0.15, 0.2) is 71.5 Å². The fraction of sp³-hybridized carbons (Fsp3) is 0.217. The summed E-state index contributed by atoms with van der Waals surface area (Å²) in [6, 6.07) is 16.3. The summed E-state index contributed by atoms with van der Waals surface area (Å²) < 4.78 is 13.6. The molecule has 0 radical (unpaired) electrons. The van der Waals surface area contributed by atoms with Crippen LogP contribution in [-0.2, 0) is 0 Å². The van der Waals surface area contributed by atoms with E-state index in [2.05, 4.69) is 20.3 Å². The lowest BCUT2D eigenvalue weighted by Crippen LogP contribution is -2.19. The zero-order valence-corrected chi connectivity index (χ0v) is 17.4. The quantitative estimate of drug-likeness (QED) is 0.467. The standard InChI is InChI=1S/C23H25N5O2/c1-17-5-10-20(29-14-13-27(2)3)15-21(17)26-23-24-16-22(30-23)18-6-8-19(9-7-18)28-12-4-11-25-28/h4-12,15-16H,13-14H2,1-3H3,(H,24,26). The minimum Gasteiger partial charge on any atom is -0.492 e. The van der Waals surface area contributed by atoms with Crippen molar-refractivity contribution < 1.29 is 9.15 Å². The van der Waals surface area contributed by atoms with E-state index in [1.165, 1.54) is 0 Å². The van der Waals surface area contributed by atoms with Crippen molar-refractivity contribution in [3.05, 3.63) is 72.7 Å². The molecule has 2 aromatic heterocycles. The number of aryl methyl sites for hydroxylation is 1. The van der Waals surface area contributed by atoms with Gasteiger partial charge in [-0.15, -0.1) is 0 Å². The Balaban J connectivity index is 1.45. The van der Waals surface area contributed by atoms with Crippen LogP contribution in [0.25, 0.3) is 17.0 Å². The van der Waals surface area contributed by atoms with Gasteiger partial charge in [0.05, 0.1) is 11.9 Å². The fourth-order valence-electron chi connectivity index (χ4n) is 2.95. The van der Waals surface area contributed by atoms with Crippen molar-refractivity contribution in [1.82, 2.24) is 19.7 Å². The maximum Gasteiger partial charge on any atom is 0.299 e. The van der Waals surface area contributed by atoms with Crippen LogP contribution in [0.4, 0.5) is 11.7 Å². The predicted molar refractivity (Wildman–Crippen MR) is 118 cm³/mol. The molecule has 7 nitrogen and oxygen atoms in total. The molecule has 0 amide bonds. The molecule has 30 heavy (non-hydrogen) atoms. The number of oxazole rings is 1. The molecule has 2 heterocycles. The van der Waals surface area contributed by atoms with Crippen molar-refractivity contribution in [3.63, 3.8) is 0 Å². The van der Waals surface area contributed by atoms with Crippen LogP contribution in [0.1, 0.15) is 5.56 Å². The Morgan fingerprint density at radius 2 is 1.97 bits per heavy atom. The second-order valence-electron chi connectivity index (χ2n) is 7.28. The summed E-state index contributed by atoms with van der Waals surface area (Å²) in [6.07, 6.45) is 5.39. The number of aromatic nitrogens is 3. The molecule has 4 aromatic rings. The fourth-order valence-corrected chi connectivity index (χ4v) is 2.95. The highest BCUT2D eigenvalue weighted by atomic mass is 16.5. The van der Waals surface area contributed by atoms with Crippen LogP contribution in [-0.4, -0.2) is 46.9 Å². The van der Waals surface area contributed by atoms with Crippen LogP contribution in [0, 0.1) is 6.92 Å². The van der Waals surface area contributed by atoms with Gasteiger partial charge in [0.25, 0.3) is 6.01 Å². The number of nitrogens with one attached hydrogen (secondary N) is 1. The number of likely N-dealkylation sites (N-methyl/N-ethyl adjacent to an activating group) is 1. The molecule has 0 bridgehead atoms. The molecular weight excluding hydrogens is 378 g/mol. The summed E-state index contributed by atoms with van der Waals surface area (Å²) in [5, 5.41) is 7.49. The molecule has 0 aliphatic rings. The summed E-state index contributed by atoms with van der Waals surface area (Å²) in [5.41, 5.74) is 3.92. The molecule has 154 valence electrons. The molecule has 7 heteroatoms. The van der Waals surface area contributed by atoms with Gasteiger partial charge in [-0.25, -0.2) is 9.67 Å². The Hall–Kier alpha value is -3.58. The molecule has 1 N–H and O–H groups in total. The average molecular weight is 403 g/mol. The molecule has 2 aromatic carbocycles. The third-order valence-corrected chi connectivity index (χ3v) is 4.68. The van der Waals surface area contributed by atoms with Crippen molar-refractivity contribution >= 4 is 11.7 Å². The van der Waals surface area contributed by atoms with Crippen molar-refractivity contribution in [2.75, 3.05) is 32.6 Å². The van der Waals surface area contributed by atoms with Crippen molar-refractivity contribution in [2.45, 2.75) is 6.92 Å². The van der Waals surface area contributed by atoms with Gasteiger partial charge in [0.1, 0.15) is 12.4 Å². The molecule has 0 atom stereocenters. The van der Waals surface area contributed by atoms with Gasteiger partial charge in [0, 0.05) is 36.3 Å². The lowest BCUT2D eigenvalue weighted by Gasteiger charge is -2.13. The first kappa shape index (κ1) is 19.7. The Morgan fingerprint density at radius 1 is 1.13 bits per heavy atom. The van der Waals surface area contributed by atoms with E-state index in [-0.39, 0.29) is 0 Å². The highest BCUT2D eigenvalue weighted by molar-refractivity contribution is 5.63. The molecule has 0 aliphatic carbocycles. The first-order chi connectivity index (χ1) is 14.6. The van der Waals surface area contributed by atoms with Gasteiger partial charge in [0.15, 0.2) is 5.76 Å². The zero-order valence-electron chi connectivity index (χ0n) is 17.4. The van der Waals surface area contributed by atoms with E-state index >= 15 is 0 Å². The molecule has 0 saturated carbocycles. The summed E-state index contributed by atoms with van der Waals surface area (Å²) in [6.45, 7) is 3.52. The molecule has 0 aliphatic heterocycles. The number of benzene rings is 2. The summed E-state index contributed by atoms with van der Waals surface area (Å²) in [7, 11) is 4.05. The number of hydrogen-bond donors (Lipinski definition) is 1. The van der Waals surface area contributed by atoms with Gasteiger partial charge >= 0.3 is 0 Å². The van der Waals surface area contributed by atoms with E-state index < -0.39 is 0 Å². The monoisotopic (exact) mass is 403 g/mol. The smallest absolute Gasteiger partial charge is 0.299 e. The van der Waals surface area contributed by atoms with Crippen LogP contribution in [0.2, 0.25) is 0 Å². The third kappa shape index (κ3) is 4.69. The van der Waals surface area contributed by atoms with Crippen molar-refractivity contribution in [3.8, 4) is 22.8 Å². The van der Waals surface area contributed by atoms with Gasteiger partial charge in [0.2, 0.25) is 0 Å². The third-order valence-electron chi connectivity index (χ3n) is 4.68. The molecule has 0 fully saturated rings. The van der Waals surface area contributed by atoms with E-state index in [4.69, 9.17) is 9.15 Å². The summed E-state index contributed by atoms with van der Waals surface area (Å²) in [4.78, 5) is 6.46. The number of ether oxygens (including phenoxy) is 1. The maximum atomic E-state index is 5.92. The number of hydrogen-bond acceptors (Lipinski definition) is 6. The summed E-state index contributed by atoms with van der Waals surface area (Å²) >= 11 is 0. The largest absolute Gasteiger partial charge is 0.492 e. The first-order valence-electron chi connectivity index (χ1n) is 9.80. The molecular formula is C23H25N5O2. The van der Waals surface area contributed by atoms with Crippen molar-refractivity contribution in [2.24, 2.45) is 0 Å². The second kappa shape index (κ2) is 8.84. The Morgan fingerprint density at radius 3 is 2.70 bits per heavy atom. The first-order valence-corrected chi connectivity index (χ1v) is 9.80. The predicted octanol–water partition coefficient (Wildman–Crippen LogP) is 4.52. The van der Waals surface area contributed by atoms with Gasteiger partial charge in [-0.1, -0.05) is 6.07 Å². The SMILES string of the molecule is Cc1ccc(OCCN(C)C)cc1Nc1ncc(-c2ccc(-n3cccn3)cc2)o1. The van der Waals surface area contributed by atoms with Gasteiger partial charge in [-0.3, -0.25) is 0 Å². The van der Waals surface area contributed by atoms with E-state index in [0.29, 0.717) is 18.4 Å². The lowest BCUT2D eigenvalue weighted by atomic mass is 10.2. The topological polar surface area (TPSA) is 68.3 Å². The number of rotatable bonds is 8. The average Bonchev–Trinajstić information content (AvgIpc) is 3.43. The van der Waals surface area contributed by atoms with E-state index in [0.717, 1.165) is 34.8 Å². The van der Waals surface area contributed by atoms with Crippen LogP contribution < -0.4 is 10.1 Å². The van der Waals surface area contributed by atoms with E-state index in [9.17, 15) is 0 Å². The normalized spacial score (nSPS) is 11.1. The van der Waals surface area contributed by atoms with Crippen LogP contribution >= 0.6 is 0 Å². The molecule has 0 saturated heterocycles. The Labute approximate surface area is 175 Å². The van der Waals surface area contributed by atoms with Gasteiger partial charge < -0.3 is 19.4 Å². The lowest BCUT2D eigenvalue weighted by molar-refractivity contribution is 0.261. The second-order valence-corrected chi connectivity index (χ2v) is 7.28. The summed E-state index contributed by atoms with van der Waals surface area (Å²) in [5.74, 6) is 1.51. The van der Waals surface area contributed by atoms with Crippen LogP contribution in [0.5, 0.6) is 5.75 Å². The minimum absolute atomic E-state index is 0.440. The number of nitrogens with zero attached hydrogens (tertiary/aromatic N) is 4. The zero-order chi connectivity index (χ0) is 20.9. The molecule has 4 rings (SSSR count). The Kier molecular flexibility index (Phi) is 5.81.